The topological polar surface area (TPSA) is 126 Å². The molecule has 1 aliphatic heterocycles. The van der Waals surface area contributed by atoms with E-state index in [1.807, 2.05) is 6.07 Å². The molecule has 1 atom stereocenters. The van der Waals surface area contributed by atoms with Gasteiger partial charge in [0.2, 0.25) is 5.91 Å². The fourth-order valence-corrected chi connectivity index (χ4v) is 4.26. The van der Waals surface area contributed by atoms with Gasteiger partial charge >= 0.3 is 0 Å². The highest BCUT2D eigenvalue weighted by Gasteiger charge is 2.39. The van der Waals surface area contributed by atoms with E-state index in [4.69, 9.17) is 19.5 Å². The number of nitriles is 1. The fourth-order valence-electron chi connectivity index (χ4n) is 3.24. The van der Waals surface area contributed by atoms with Crippen molar-refractivity contribution in [1.82, 2.24) is 5.01 Å². The van der Waals surface area contributed by atoms with Crippen LogP contribution in [0, 0.1) is 11.3 Å². The summed E-state index contributed by atoms with van der Waals surface area (Å²) in [5.41, 5.74) is 1.89. The van der Waals surface area contributed by atoms with E-state index in [2.05, 4.69) is 15.4 Å². The van der Waals surface area contributed by atoms with Gasteiger partial charge in [0.05, 0.1) is 19.9 Å². The highest BCUT2D eigenvalue weighted by molar-refractivity contribution is 8.15. The van der Waals surface area contributed by atoms with Gasteiger partial charge in [-0.15, -0.1) is 0 Å². The van der Waals surface area contributed by atoms with Crippen molar-refractivity contribution in [3.8, 4) is 23.3 Å². The number of methoxy groups -OCH3 is 2. The number of hydrogen-bond acceptors (Lipinski definition) is 9. The molecule has 1 unspecified atom stereocenters. The van der Waals surface area contributed by atoms with Gasteiger partial charge in [0.1, 0.15) is 17.1 Å². The van der Waals surface area contributed by atoms with Gasteiger partial charge in [-0.2, -0.15) is 15.4 Å². The summed E-state index contributed by atoms with van der Waals surface area (Å²) < 4.78 is 15.7. The standard InChI is InChI=1S/C24H25N5O5S/c1-15(16-5-8-18(9-6-16)34-12-11-25)28-29-23(31)21(35-24(29)26-2)14-22(30)27-17-7-10-19(32-3)20(13-17)33-4/h5-10,13,21H,12,14H2,1-4H3,(H,27,30)/b26-24?,28-15+. The molecule has 10 nitrogen and oxygen atoms in total. The summed E-state index contributed by atoms with van der Waals surface area (Å²) in [5.74, 6) is 0.939. The zero-order valence-corrected chi connectivity index (χ0v) is 20.6. The van der Waals surface area contributed by atoms with E-state index >= 15 is 0 Å². The Balaban J connectivity index is 1.68. The monoisotopic (exact) mass is 495 g/mol. The third kappa shape index (κ3) is 6.30. The van der Waals surface area contributed by atoms with Crippen molar-refractivity contribution in [2.45, 2.75) is 18.6 Å². The van der Waals surface area contributed by atoms with Crippen LogP contribution in [0.2, 0.25) is 0 Å². The Kier molecular flexibility index (Phi) is 8.69. The Hall–Kier alpha value is -4.04. The molecule has 1 fully saturated rings. The second kappa shape index (κ2) is 11.9. The Morgan fingerprint density at radius 2 is 1.89 bits per heavy atom. The van der Waals surface area contributed by atoms with Gasteiger partial charge in [0.25, 0.3) is 5.91 Å². The molecule has 11 heteroatoms. The number of carbonyl (C=O) groups excluding carboxylic acids is 2. The summed E-state index contributed by atoms with van der Waals surface area (Å²) >= 11 is 1.19. The number of amidine groups is 1. The van der Waals surface area contributed by atoms with Crippen LogP contribution in [-0.4, -0.2) is 60.8 Å². The highest BCUT2D eigenvalue weighted by atomic mass is 32.2. The molecular weight excluding hydrogens is 470 g/mol. The lowest BCUT2D eigenvalue weighted by Crippen LogP contribution is -2.30. The molecule has 1 aliphatic rings. The van der Waals surface area contributed by atoms with Crippen molar-refractivity contribution >= 4 is 40.1 Å². The first-order chi connectivity index (χ1) is 16.9. The van der Waals surface area contributed by atoms with Crippen molar-refractivity contribution in [2.75, 3.05) is 33.2 Å². The highest BCUT2D eigenvalue weighted by Crippen LogP contribution is 2.32. The number of hydrogen-bond donors (Lipinski definition) is 1. The number of nitrogens with one attached hydrogen (secondary N) is 1. The Labute approximate surface area is 207 Å². The second-order valence-electron chi connectivity index (χ2n) is 7.24. The van der Waals surface area contributed by atoms with E-state index in [9.17, 15) is 9.59 Å². The van der Waals surface area contributed by atoms with Crippen LogP contribution in [0.5, 0.6) is 17.2 Å². The molecule has 0 radical (unpaired) electrons. The number of amides is 2. The molecule has 2 aromatic rings. The summed E-state index contributed by atoms with van der Waals surface area (Å²) in [6.07, 6.45) is -0.0487. The van der Waals surface area contributed by atoms with Crippen molar-refractivity contribution in [2.24, 2.45) is 10.1 Å². The number of carbonyl (C=O) groups is 2. The molecule has 35 heavy (non-hydrogen) atoms. The molecular formula is C24H25N5O5S. The van der Waals surface area contributed by atoms with Crippen LogP contribution in [0.4, 0.5) is 5.69 Å². The summed E-state index contributed by atoms with van der Waals surface area (Å²) in [6, 6.07) is 14.0. The summed E-state index contributed by atoms with van der Waals surface area (Å²) in [4.78, 5) is 29.8. The van der Waals surface area contributed by atoms with Crippen LogP contribution >= 0.6 is 11.8 Å². The Bertz CT molecular complexity index is 1190. The molecule has 2 amide bonds. The molecule has 2 aromatic carbocycles. The minimum absolute atomic E-state index is 0.0385. The Morgan fingerprint density at radius 3 is 2.51 bits per heavy atom. The molecule has 0 aliphatic carbocycles. The normalized spacial score (nSPS) is 16.7. The first-order valence-electron chi connectivity index (χ1n) is 10.5. The minimum atomic E-state index is -0.660. The predicted octanol–water partition coefficient (Wildman–Crippen LogP) is 3.29. The average molecular weight is 496 g/mol. The Morgan fingerprint density at radius 1 is 1.17 bits per heavy atom. The quantitative estimate of drug-likeness (QED) is 0.529. The second-order valence-corrected chi connectivity index (χ2v) is 8.41. The maximum absolute atomic E-state index is 13.0. The summed E-state index contributed by atoms with van der Waals surface area (Å²) in [6.45, 7) is 1.73. The minimum Gasteiger partial charge on any atom is -0.493 e. The lowest BCUT2D eigenvalue weighted by molar-refractivity contribution is -0.128. The molecule has 0 spiro atoms. The van der Waals surface area contributed by atoms with Crippen LogP contribution in [0.15, 0.2) is 52.6 Å². The number of benzene rings is 2. The zero-order chi connectivity index (χ0) is 25.4. The maximum atomic E-state index is 13.0. The lowest BCUT2D eigenvalue weighted by atomic mass is 10.1. The van der Waals surface area contributed by atoms with Gasteiger partial charge in [-0.05, 0) is 48.9 Å². The largest absolute Gasteiger partial charge is 0.493 e. The number of thioether (sulfide) groups is 1. The number of aliphatic imine (C=N–C) groups is 1. The van der Waals surface area contributed by atoms with Crippen LogP contribution in [-0.2, 0) is 9.59 Å². The van der Waals surface area contributed by atoms with Gasteiger partial charge < -0.3 is 19.5 Å². The maximum Gasteiger partial charge on any atom is 0.263 e. The van der Waals surface area contributed by atoms with Crippen LogP contribution < -0.4 is 19.5 Å². The van der Waals surface area contributed by atoms with Crippen molar-refractivity contribution in [1.29, 1.82) is 5.26 Å². The molecule has 0 aromatic heterocycles. The van der Waals surface area contributed by atoms with Crippen LogP contribution in [0.3, 0.4) is 0 Å². The third-order valence-electron chi connectivity index (χ3n) is 4.97. The van der Waals surface area contributed by atoms with E-state index in [-0.39, 0.29) is 24.8 Å². The number of hydrazone groups is 1. The van der Waals surface area contributed by atoms with E-state index < -0.39 is 5.25 Å². The average Bonchev–Trinajstić information content (AvgIpc) is 3.16. The van der Waals surface area contributed by atoms with E-state index in [0.29, 0.717) is 33.8 Å². The lowest BCUT2D eigenvalue weighted by Gasteiger charge is -2.12. The van der Waals surface area contributed by atoms with Crippen LogP contribution in [0.25, 0.3) is 0 Å². The van der Waals surface area contributed by atoms with Gasteiger partial charge in [-0.25, -0.2) is 0 Å². The van der Waals surface area contributed by atoms with Crippen molar-refractivity contribution in [3.05, 3.63) is 48.0 Å². The van der Waals surface area contributed by atoms with Crippen LogP contribution in [0.1, 0.15) is 18.9 Å². The number of ether oxygens (including phenoxy) is 3. The van der Waals surface area contributed by atoms with E-state index in [1.165, 1.54) is 31.0 Å². The smallest absolute Gasteiger partial charge is 0.263 e. The number of rotatable bonds is 9. The van der Waals surface area contributed by atoms with E-state index in [0.717, 1.165) is 5.56 Å². The molecule has 182 valence electrons. The number of nitrogens with zero attached hydrogens (tertiary/aromatic N) is 4. The summed E-state index contributed by atoms with van der Waals surface area (Å²) in [5, 5.41) is 16.8. The van der Waals surface area contributed by atoms with Crippen molar-refractivity contribution in [3.63, 3.8) is 0 Å². The van der Waals surface area contributed by atoms with Gasteiger partial charge in [-0.1, -0.05) is 11.8 Å². The zero-order valence-electron chi connectivity index (χ0n) is 19.8. The molecule has 1 saturated heterocycles. The summed E-state index contributed by atoms with van der Waals surface area (Å²) in [7, 11) is 4.61. The first-order valence-corrected chi connectivity index (χ1v) is 11.4. The van der Waals surface area contributed by atoms with Gasteiger partial charge in [0.15, 0.2) is 23.3 Å². The molecule has 0 saturated carbocycles. The molecule has 0 bridgehead atoms. The fraction of sp³-hybridized carbons (Fsp3) is 0.292. The SMILES string of the molecule is CN=C1SC(CC(=O)Nc2ccc(OC)c(OC)c2)C(=O)N1/N=C(\C)c1ccc(OCC#N)cc1. The molecule has 3 rings (SSSR count). The van der Waals surface area contributed by atoms with Gasteiger partial charge in [0, 0.05) is 25.2 Å². The first kappa shape index (κ1) is 25.6. The van der Waals surface area contributed by atoms with E-state index in [1.54, 1.807) is 56.4 Å². The third-order valence-corrected chi connectivity index (χ3v) is 6.19. The number of anilines is 1. The predicted molar refractivity (Wildman–Crippen MR) is 134 cm³/mol. The van der Waals surface area contributed by atoms with Crippen molar-refractivity contribution < 1.29 is 23.8 Å². The molecule has 1 heterocycles. The molecule has 1 N–H and O–H groups in total. The van der Waals surface area contributed by atoms with Gasteiger partial charge in [-0.3, -0.25) is 14.6 Å².